The molecular weight excluding hydrogens is 721 g/mol. The molecule has 0 saturated carbocycles. The van der Waals surface area contributed by atoms with Gasteiger partial charge in [0, 0.05) is 30.6 Å². The smallest absolute Gasteiger partial charge is 0.111 e. The molecule has 1 nitrogen and oxygen atoms in total. The molecule has 0 bridgehead atoms. The number of hydrogen-bond donors (Lipinski definition) is 0. The van der Waals surface area contributed by atoms with Crippen molar-refractivity contribution in [2.75, 3.05) is 0 Å². The number of hydrogen-bond acceptors (Lipinski definition) is 1. The number of fused-ring (bicyclic) bond motifs is 2. The predicted molar refractivity (Wildman–Crippen MR) is 214 cm³/mol. The molecule has 49 heavy (non-hydrogen) atoms. The number of rotatable bonds is 7. The van der Waals surface area contributed by atoms with Gasteiger partial charge in [-0.05, 0) is 82.2 Å². The third-order valence-corrected chi connectivity index (χ3v) is 14.4. The fraction of sp³-hybridized carbons (Fsp3) is 0. The molecule has 0 N–H and O–H groups in total. The van der Waals surface area contributed by atoms with Crippen LogP contribution < -0.4 is 31.8 Å². The van der Waals surface area contributed by atoms with Crippen molar-refractivity contribution in [2.24, 2.45) is 0 Å². The van der Waals surface area contributed by atoms with Gasteiger partial charge in [0.25, 0.3) is 0 Å². The Morgan fingerprint density at radius 2 is 0.633 bits per heavy atom. The molecule has 4 heteroatoms. The van der Waals surface area contributed by atoms with Crippen LogP contribution in [0.25, 0.3) is 32.7 Å². The molecule has 0 fully saturated rings. The molecule has 0 unspecified atom stereocenters. The first kappa shape index (κ1) is 33.0. The Kier molecular flexibility index (Phi) is 10.9. The van der Waals surface area contributed by atoms with E-state index >= 15 is 0 Å². The Labute approximate surface area is 305 Å². The van der Waals surface area contributed by atoms with Crippen LogP contribution in [0.5, 0.6) is 0 Å². The van der Waals surface area contributed by atoms with E-state index < -0.39 is 15.8 Å². The molecule has 0 saturated heterocycles. The molecule has 0 aliphatic carbocycles. The maximum atomic E-state index is 8.35. The largest absolute Gasteiger partial charge is 0.545 e. The summed E-state index contributed by atoms with van der Waals surface area (Å²) in [5.74, 6) is 0. The maximum Gasteiger partial charge on any atom is 0.111 e. The third-order valence-electron chi connectivity index (χ3n) is 8.90. The van der Waals surface area contributed by atoms with Crippen LogP contribution in [-0.2, 0) is 24.3 Å². The summed E-state index contributed by atoms with van der Waals surface area (Å²) in [7, 11) is -2.74. The second-order valence-electron chi connectivity index (χ2n) is 11.6. The molecule has 0 amide bonds. The van der Waals surface area contributed by atoms with E-state index in [2.05, 4.69) is 194 Å². The van der Waals surface area contributed by atoms with Gasteiger partial charge in [0.15, 0.2) is 0 Å². The molecule has 0 aliphatic heterocycles. The second kappa shape index (κ2) is 16.2. The van der Waals surface area contributed by atoms with Gasteiger partial charge in [0.05, 0.1) is 15.8 Å². The van der Waals surface area contributed by atoms with Gasteiger partial charge in [0.1, 0.15) is 31.8 Å². The topological polar surface area (TPSA) is 17.1 Å². The minimum Gasteiger partial charge on any atom is -0.545 e. The summed E-state index contributed by atoms with van der Waals surface area (Å²) < 4.78 is 5.40. The monoisotopic (exact) mass is 757 g/mol. The molecule has 0 atom stereocenters. The van der Waals surface area contributed by atoms with Crippen LogP contribution in [0.4, 0.5) is 0 Å². The molecule has 8 rings (SSSR count). The molecule has 8 aromatic carbocycles. The van der Waals surface area contributed by atoms with Crippen LogP contribution in [-0.4, -0.2) is 6.77 Å². The van der Waals surface area contributed by atoms with E-state index in [1.165, 1.54) is 64.5 Å². The van der Waals surface area contributed by atoms with Gasteiger partial charge in [-0.3, -0.25) is 6.77 Å². The Bertz CT molecular complexity index is 2070. The van der Waals surface area contributed by atoms with Crippen molar-refractivity contribution >= 4 is 76.0 Å². The molecule has 0 aliphatic rings. The molecule has 0 spiro atoms. The zero-order valence-electron chi connectivity index (χ0n) is 27.7. The first-order valence-electron chi connectivity index (χ1n) is 16.6. The zero-order valence-corrected chi connectivity index (χ0v) is 30.4. The normalized spacial score (nSPS) is 11.0. The summed E-state index contributed by atoms with van der Waals surface area (Å²) in [4.78, 5) is 8.35. The zero-order chi connectivity index (χ0) is 33.4. The number of benzene rings is 8. The van der Waals surface area contributed by atoms with Crippen molar-refractivity contribution < 1.29 is 25.6 Å². The van der Waals surface area contributed by atoms with E-state index in [4.69, 9.17) is 6.17 Å². The average molecular weight is 758 g/mol. The molecule has 1 radical (unpaired) electrons. The molecule has 239 valence electrons. The van der Waals surface area contributed by atoms with E-state index in [9.17, 15) is 0 Å². The second-order valence-corrected chi connectivity index (χ2v) is 16.5. The van der Waals surface area contributed by atoms with Gasteiger partial charge >= 0.3 is 0 Å². The fourth-order valence-electron chi connectivity index (χ4n) is 6.87. The summed E-state index contributed by atoms with van der Waals surface area (Å²) in [5.41, 5.74) is 2.75. The Morgan fingerprint density at radius 1 is 0.367 bits per heavy atom. The van der Waals surface area contributed by atoms with Crippen molar-refractivity contribution in [3.63, 3.8) is 0 Å². The van der Waals surface area contributed by atoms with Crippen molar-refractivity contribution in [1.82, 2.24) is 0 Å². The van der Waals surface area contributed by atoms with E-state index in [1.807, 2.05) is 0 Å². The Balaban J connectivity index is 0.00000104. The van der Waals surface area contributed by atoms with Crippen LogP contribution in [0.1, 0.15) is 1.37 Å². The van der Waals surface area contributed by atoms with E-state index in [1.54, 1.807) is 0 Å². The summed E-state index contributed by atoms with van der Waals surface area (Å²) in [6.45, 7) is 0.750. The SMILES string of the molecule is [2H][C-]=O.[Rh].c1ccc([PH+](c2ccccc2)c2ccc3ccccc3c2-c2c([PH+](c3ccccc3)c3ccccc3)ccc3ccccc23)cc1. The van der Waals surface area contributed by atoms with E-state index in [0.29, 0.717) is 0 Å². The van der Waals surface area contributed by atoms with Crippen molar-refractivity contribution in [3.05, 3.63) is 194 Å². The quantitative estimate of drug-likeness (QED) is 0.0692. The van der Waals surface area contributed by atoms with Crippen LogP contribution in [0.2, 0.25) is 0 Å². The van der Waals surface area contributed by atoms with Gasteiger partial charge in [-0.2, -0.15) is 1.37 Å². The van der Waals surface area contributed by atoms with Crippen molar-refractivity contribution in [1.29, 1.82) is 0 Å². The third kappa shape index (κ3) is 6.97. The van der Waals surface area contributed by atoms with Gasteiger partial charge in [-0.15, -0.1) is 0 Å². The Hall–Kier alpha value is -4.57. The first-order chi connectivity index (χ1) is 24.3. The summed E-state index contributed by atoms with van der Waals surface area (Å²) in [6.07, 6.45) is 0. The minimum absolute atomic E-state index is 0. The molecule has 0 heterocycles. The predicted octanol–water partition coefficient (Wildman–Crippen LogP) is 8.36. The van der Waals surface area contributed by atoms with Gasteiger partial charge in [-0.25, -0.2) is 0 Å². The van der Waals surface area contributed by atoms with Gasteiger partial charge in [-0.1, -0.05) is 133 Å². The first-order valence-corrected chi connectivity index (χ1v) is 19.1. The van der Waals surface area contributed by atoms with Crippen molar-refractivity contribution in [2.45, 2.75) is 0 Å². The van der Waals surface area contributed by atoms with Crippen LogP contribution in [0.3, 0.4) is 0 Å². The average Bonchev–Trinajstić information content (AvgIpc) is 3.17. The summed E-state index contributed by atoms with van der Waals surface area (Å²) in [5, 5.41) is 13.6. The Morgan fingerprint density at radius 3 is 0.939 bits per heavy atom. The van der Waals surface area contributed by atoms with Crippen LogP contribution in [0.15, 0.2) is 194 Å². The van der Waals surface area contributed by atoms with E-state index in [0.717, 1.165) is 6.77 Å². The molecule has 0 aromatic heterocycles. The fourth-order valence-corrected chi connectivity index (χ4v) is 12.4. The van der Waals surface area contributed by atoms with Crippen LogP contribution in [0, 0.1) is 0 Å². The van der Waals surface area contributed by atoms with E-state index in [-0.39, 0.29) is 19.5 Å². The summed E-state index contributed by atoms with van der Waals surface area (Å²) in [6, 6.07) is 72.2. The summed E-state index contributed by atoms with van der Waals surface area (Å²) >= 11 is 0. The van der Waals surface area contributed by atoms with Crippen molar-refractivity contribution in [3.8, 4) is 11.1 Å². The standard InChI is InChI=1S/C44H32P2.CHO.Rh/c1-5-19-35(20-6-1)45(36-21-7-2-8-22-36)41-31-29-33-17-13-15-27-39(33)43(41)44-40-28-16-14-18-34(40)30-32-42(44)46(37-23-9-3-10-24-37)38-25-11-4-12-26-38;1-2;/h1-32H;1H;/q;-1;/p+2/i;1D;. The molecular formula is C45H35OP2Rh+. The maximum absolute atomic E-state index is 8.35. The number of carbonyl (C=O) groups excluding carboxylic acids is 1. The van der Waals surface area contributed by atoms with Gasteiger partial charge < -0.3 is 4.79 Å². The van der Waals surface area contributed by atoms with Crippen LogP contribution >= 0.6 is 15.8 Å². The minimum atomic E-state index is -1.37. The van der Waals surface area contributed by atoms with Gasteiger partial charge in [0.2, 0.25) is 0 Å². The molecule has 8 aromatic rings.